The van der Waals surface area contributed by atoms with Crippen LogP contribution in [0.15, 0.2) is 35.2 Å². The van der Waals surface area contributed by atoms with E-state index in [-0.39, 0.29) is 6.61 Å². The van der Waals surface area contributed by atoms with E-state index in [9.17, 15) is 8.42 Å². The molecule has 0 aliphatic carbocycles. The molecule has 1 aromatic rings. The number of rotatable bonds is 5. The minimum atomic E-state index is -3.29. The summed E-state index contributed by atoms with van der Waals surface area (Å²) in [5.41, 5.74) is 0. The first kappa shape index (κ1) is 11.6. The summed E-state index contributed by atoms with van der Waals surface area (Å²) in [6, 6.07) is 9.78. The second kappa shape index (κ2) is 5.38. The minimum Gasteiger partial charge on any atom is -0.269 e. The van der Waals surface area contributed by atoms with Crippen LogP contribution in [-0.4, -0.2) is 27.0 Å². The van der Waals surface area contributed by atoms with Crippen LogP contribution in [0.1, 0.15) is 0 Å². The van der Waals surface area contributed by atoms with Crippen molar-refractivity contribution in [1.29, 1.82) is 0 Å². The van der Waals surface area contributed by atoms with E-state index in [1.807, 2.05) is 30.3 Å². The standard InChI is InChI=1S/C9H12O3S2/c1-14(10,11)12-7-8-13-9-5-3-2-4-6-9/h2-6H,7-8H2,1H3. The number of thioether (sulfide) groups is 1. The van der Waals surface area contributed by atoms with Gasteiger partial charge in [0.05, 0.1) is 12.9 Å². The SMILES string of the molecule is CS(=O)(=O)OCCSc1ccccc1. The molecule has 0 aromatic heterocycles. The molecule has 0 fully saturated rings. The van der Waals surface area contributed by atoms with Crippen LogP contribution in [0.3, 0.4) is 0 Å². The highest BCUT2D eigenvalue weighted by molar-refractivity contribution is 7.99. The van der Waals surface area contributed by atoms with E-state index in [0.29, 0.717) is 5.75 Å². The van der Waals surface area contributed by atoms with Gasteiger partial charge in [0.15, 0.2) is 0 Å². The predicted octanol–water partition coefficient (Wildman–Crippen LogP) is 1.75. The van der Waals surface area contributed by atoms with Gasteiger partial charge in [0, 0.05) is 10.6 Å². The third-order valence-corrected chi connectivity index (χ3v) is 2.96. The monoisotopic (exact) mass is 232 g/mol. The van der Waals surface area contributed by atoms with Crippen LogP contribution in [0.5, 0.6) is 0 Å². The van der Waals surface area contributed by atoms with Crippen molar-refractivity contribution in [1.82, 2.24) is 0 Å². The van der Waals surface area contributed by atoms with E-state index in [1.165, 1.54) is 0 Å². The van der Waals surface area contributed by atoms with Crippen LogP contribution in [0.2, 0.25) is 0 Å². The molecule has 14 heavy (non-hydrogen) atoms. The molecule has 0 bridgehead atoms. The maximum absolute atomic E-state index is 10.6. The number of benzene rings is 1. The molecule has 0 heterocycles. The number of hydrogen-bond donors (Lipinski definition) is 0. The smallest absolute Gasteiger partial charge is 0.264 e. The van der Waals surface area contributed by atoms with Gasteiger partial charge in [-0.2, -0.15) is 8.42 Å². The lowest BCUT2D eigenvalue weighted by molar-refractivity contribution is 0.345. The van der Waals surface area contributed by atoms with Gasteiger partial charge in [0.25, 0.3) is 10.1 Å². The van der Waals surface area contributed by atoms with Gasteiger partial charge in [-0.05, 0) is 12.1 Å². The molecule has 3 nitrogen and oxygen atoms in total. The lowest BCUT2D eigenvalue weighted by Gasteiger charge is -2.01. The fourth-order valence-electron chi connectivity index (χ4n) is 0.862. The minimum absolute atomic E-state index is 0.221. The maximum atomic E-state index is 10.6. The van der Waals surface area contributed by atoms with Crippen LogP contribution in [-0.2, 0) is 14.3 Å². The Bertz CT molecular complexity index is 359. The molecule has 0 amide bonds. The Morgan fingerprint density at radius 2 is 1.93 bits per heavy atom. The first-order valence-corrected chi connectivity index (χ1v) is 6.90. The van der Waals surface area contributed by atoms with Gasteiger partial charge >= 0.3 is 0 Å². The average Bonchev–Trinajstić information content (AvgIpc) is 2.13. The Morgan fingerprint density at radius 3 is 2.50 bits per heavy atom. The van der Waals surface area contributed by atoms with Gasteiger partial charge in [-0.15, -0.1) is 11.8 Å². The van der Waals surface area contributed by atoms with Crippen molar-refractivity contribution in [2.45, 2.75) is 4.90 Å². The molecule has 78 valence electrons. The molecule has 0 aliphatic rings. The summed E-state index contributed by atoms with van der Waals surface area (Å²) in [4.78, 5) is 1.12. The zero-order valence-corrected chi connectivity index (χ0v) is 9.48. The Kier molecular flexibility index (Phi) is 4.44. The zero-order valence-electron chi connectivity index (χ0n) is 7.84. The number of hydrogen-bond acceptors (Lipinski definition) is 4. The summed E-state index contributed by atoms with van der Waals surface area (Å²) in [7, 11) is -3.29. The topological polar surface area (TPSA) is 43.4 Å². The molecule has 0 saturated carbocycles. The third kappa shape index (κ3) is 5.26. The average molecular weight is 232 g/mol. The largest absolute Gasteiger partial charge is 0.269 e. The Labute approximate surface area is 88.6 Å². The predicted molar refractivity (Wildman–Crippen MR) is 58.0 cm³/mol. The van der Waals surface area contributed by atoms with E-state index < -0.39 is 10.1 Å². The summed E-state index contributed by atoms with van der Waals surface area (Å²) in [6.07, 6.45) is 1.06. The summed E-state index contributed by atoms with van der Waals surface area (Å²) >= 11 is 1.57. The highest BCUT2D eigenvalue weighted by atomic mass is 32.2. The molecule has 0 aliphatic heterocycles. The Morgan fingerprint density at radius 1 is 1.29 bits per heavy atom. The van der Waals surface area contributed by atoms with Crippen molar-refractivity contribution in [2.24, 2.45) is 0 Å². The highest BCUT2D eigenvalue weighted by Crippen LogP contribution is 2.16. The molecule has 5 heteroatoms. The maximum Gasteiger partial charge on any atom is 0.264 e. The summed E-state index contributed by atoms with van der Waals surface area (Å²) in [5.74, 6) is 0.636. The second-order valence-corrected chi connectivity index (χ2v) is 5.50. The fraction of sp³-hybridized carbons (Fsp3) is 0.333. The van der Waals surface area contributed by atoms with E-state index in [0.717, 1.165) is 11.2 Å². The highest BCUT2D eigenvalue weighted by Gasteiger charge is 2.00. The fourth-order valence-corrected chi connectivity index (χ4v) is 2.11. The van der Waals surface area contributed by atoms with E-state index in [4.69, 9.17) is 0 Å². The lowest BCUT2D eigenvalue weighted by Crippen LogP contribution is -2.05. The molecular weight excluding hydrogens is 220 g/mol. The molecule has 1 rings (SSSR count). The third-order valence-electron chi connectivity index (χ3n) is 1.39. The summed E-state index contributed by atoms with van der Waals surface area (Å²) in [5, 5.41) is 0. The zero-order chi connectivity index (χ0) is 10.4. The van der Waals surface area contributed by atoms with Gasteiger partial charge < -0.3 is 0 Å². The Hall–Kier alpha value is -0.520. The molecule has 0 unspecified atom stereocenters. The van der Waals surface area contributed by atoms with Crippen molar-refractivity contribution in [3.8, 4) is 0 Å². The van der Waals surface area contributed by atoms with E-state index >= 15 is 0 Å². The molecule has 0 N–H and O–H groups in total. The quantitative estimate of drug-likeness (QED) is 0.441. The first-order chi connectivity index (χ1) is 6.58. The molecule has 0 radical (unpaired) electrons. The Balaban J connectivity index is 2.23. The summed E-state index contributed by atoms with van der Waals surface area (Å²) in [6.45, 7) is 0.221. The van der Waals surface area contributed by atoms with E-state index in [1.54, 1.807) is 11.8 Å². The van der Waals surface area contributed by atoms with Crippen LogP contribution in [0, 0.1) is 0 Å². The molecular formula is C9H12O3S2. The van der Waals surface area contributed by atoms with Crippen molar-refractivity contribution in [3.05, 3.63) is 30.3 Å². The van der Waals surface area contributed by atoms with Crippen molar-refractivity contribution in [2.75, 3.05) is 18.6 Å². The van der Waals surface area contributed by atoms with Gasteiger partial charge in [-0.1, -0.05) is 18.2 Å². The van der Waals surface area contributed by atoms with Gasteiger partial charge in [0.1, 0.15) is 0 Å². The van der Waals surface area contributed by atoms with Gasteiger partial charge in [0.2, 0.25) is 0 Å². The van der Waals surface area contributed by atoms with E-state index in [2.05, 4.69) is 4.18 Å². The van der Waals surface area contributed by atoms with Gasteiger partial charge in [-0.3, -0.25) is 4.18 Å². The first-order valence-electron chi connectivity index (χ1n) is 4.10. The van der Waals surface area contributed by atoms with Gasteiger partial charge in [-0.25, -0.2) is 0 Å². The van der Waals surface area contributed by atoms with Crippen molar-refractivity contribution >= 4 is 21.9 Å². The van der Waals surface area contributed by atoms with Crippen molar-refractivity contribution in [3.63, 3.8) is 0 Å². The second-order valence-electron chi connectivity index (χ2n) is 2.69. The molecule has 1 aromatic carbocycles. The molecule has 0 saturated heterocycles. The molecule has 0 atom stereocenters. The van der Waals surface area contributed by atoms with Crippen LogP contribution in [0.25, 0.3) is 0 Å². The molecule has 0 spiro atoms. The van der Waals surface area contributed by atoms with Crippen LogP contribution >= 0.6 is 11.8 Å². The summed E-state index contributed by atoms with van der Waals surface area (Å²) < 4.78 is 25.8. The van der Waals surface area contributed by atoms with Crippen molar-refractivity contribution < 1.29 is 12.6 Å². The van der Waals surface area contributed by atoms with Crippen LogP contribution in [0.4, 0.5) is 0 Å². The van der Waals surface area contributed by atoms with Crippen LogP contribution < -0.4 is 0 Å². The normalized spacial score (nSPS) is 11.5. The lowest BCUT2D eigenvalue weighted by atomic mass is 10.4.